The minimum Gasteiger partial charge on any atom is -0.490 e. The van der Waals surface area contributed by atoms with Gasteiger partial charge in [-0.3, -0.25) is 9.59 Å². The fourth-order valence-corrected chi connectivity index (χ4v) is 5.95. The second-order valence-electron chi connectivity index (χ2n) is 10.2. The van der Waals surface area contributed by atoms with E-state index in [1.54, 1.807) is 4.90 Å². The lowest BCUT2D eigenvalue weighted by Crippen LogP contribution is -2.67. The molecule has 2 aromatic carbocycles. The van der Waals surface area contributed by atoms with Crippen molar-refractivity contribution < 1.29 is 19.1 Å². The summed E-state index contributed by atoms with van der Waals surface area (Å²) in [6.07, 6.45) is 2.87. The molecule has 2 fully saturated rings. The van der Waals surface area contributed by atoms with E-state index in [0.29, 0.717) is 25.5 Å². The summed E-state index contributed by atoms with van der Waals surface area (Å²) in [5.41, 5.74) is 2.89. The summed E-state index contributed by atoms with van der Waals surface area (Å²) in [4.78, 5) is 34.7. The molecule has 1 N–H and O–H groups in total. The van der Waals surface area contributed by atoms with Gasteiger partial charge in [0.25, 0.3) is 5.91 Å². The summed E-state index contributed by atoms with van der Waals surface area (Å²) in [6, 6.07) is 14.4. The first kappa shape index (κ1) is 23.0. The number of amides is 2. The lowest BCUT2D eigenvalue weighted by atomic mass is 9.76. The van der Waals surface area contributed by atoms with Gasteiger partial charge in [-0.2, -0.15) is 0 Å². The van der Waals surface area contributed by atoms with Gasteiger partial charge in [-0.1, -0.05) is 31.2 Å². The van der Waals surface area contributed by atoms with E-state index in [1.165, 1.54) is 0 Å². The Kier molecular flexibility index (Phi) is 5.47. The lowest BCUT2D eigenvalue weighted by molar-refractivity contribution is -0.166. The zero-order valence-electron chi connectivity index (χ0n) is 21.2. The first-order chi connectivity index (χ1) is 17.5. The Morgan fingerprint density at radius 3 is 2.61 bits per heavy atom. The zero-order valence-corrected chi connectivity index (χ0v) is 21.2. The van der Waals surface area contributed by atoms with Crippen molar-refractivity contribution in [2.75, 3.05) is 26.3 Å². The predicted molar refractivity (Wildman–Crippen MR) is 137 cm³/mol. The molecular formula is C29H33N3O4. The SMILES string of the molecule is CCCOc1ccc(C2CN3C(=O)CN(C4CC4)C(=O)[C@]3(C)c3[nH]c4ccccc4c32)cc1OCC. The molecule has 36 heavy (non-hydrogen) atoms. The number of hydrogen-bond donors (Lipinski definition) is 1. The Morgan fingerprint density at radius 2 is 1.86 bits per heavy atom. The fraction of sp³-hybridized carbons (Fsp3) is 0.448. The highest BCUT2D eigenvalue weighted by Crippen LogP contribution is 2.50. The van der Waals surface area contributed by atoms with Crippen LogP contribution in [0.1, 0.15) is 62.8 Å². The van der Waals surface area contributed by atoms with E-state index in [-0.39, 0.29) is 30.3 Å². The quantitative estimate of drug-likeness (QED) is 0.531. The zero-order chi connectivity index (χ0) is 25.0. The second-order valence-corrected chi connectivity index (χ2v) is 10.2. The highest BCUT2D eigenvalue weighted by atomic mass is 16.5. The van der Waals surface area contributed by atoms with Gasteiger partial charge in [0, 0.05) is 29.4 Å². The second kappa shape index (κ2) is 8.57. The molecule has 1 unspecified atom stereocenters. The smallest absolute Gasteiger partial charge is 0.255 e. The third-order valence-electron chi connectivity index (χ3n) is 7.89. The van der Waals surface area contributed by atoms with E-state index in [4.69, 9.17) is 9.47 Å². The molecule has 1 aliphatic carbocycles. The molecule has 1 aromatic heterocycles. The van der Waals surface area contributed by atoms with Crippen LogP contribution in [0.4, 0.5) is 0 Å². The van der Waals surface area contributed by atoms with Gasteiger partial charge in [-0.15, -0.1) is 0 Å². The van der Waals surface area contributed by atoms with Crippen molar-refractivity contribution in [3.05, 3.63) is 59.3 Å². The molecule has 188 valence electrons. The Hall–Kier alpha value is -3.48. The number of hydrogen-bond acceptors (Lipinski definition) is 4. The third kappa shape index (κ3) is 3.39. The van der Waals surface area contributed by atoms with Crippen LogP contribution in [0.5, 0.6) is 11.5 Å². The minimum atomic E-state index is -1.05. The summed E-state index contributed by atoms with van der Waals surface area (Å²) in [6.45, 7) is 7.71. The Balaban J connectivity index is 1.51. The maximum Gasteiger partial charge on any atom is 0.255 e. The highest BCUT2D eigenvalue weighted by Gasteiger charge is 2.58. The monoisotopic (exact) mass is 487 g/mol. The number of rotatable bonds is 7. The molecule has 7 nitrogen and oxygen atoms in total. The van der Waals surface area contributed by atoms with Crippen LogP contribution in [-0.2, 0) is 15.1 Å². The number of benzene rings is 2. The number of carbonyl (C=O) groups excluding carboxylic acids is 2. The molecule has 6 rings (SSSR count). The average Bonchev–Trinajstić information content (AvgIpc) is 3.65. The van der Waals surface area contributed by atoms with Crippen LogP contribution in [0.15, 0.2) is 42.5 Å². The van der Waals surface area contributed by atoms with Crippen LogP contribution in [0, 0.1) is 0 Å². The first-order valence-corrected chi connectivity index (χ1v) is 13.1. The van der Waals surface area contributed by atoms with Crippen molar-refractivity contribution in [3.63, 3.8) is 0 Å². The van der Waals surface area contributed by atoms with E-state index in [9.17, 15) is 9.59 Å². The molecule has 3 aromatic rings. The van der Waals surface area contributed by atoms with Crippen molar-refractivity contribution in [1.82, 2.24) is 14.8 Å². The molecular weight excluding hydrogens is 454 g/mol. The molecule has 0 radical (unpaired) electrons. The van der Waals surface area contributed by atoms with Crippen molar-refractivity contribution in [2.45, 2.75) is 57.5 Å². The van der Waals surface area contributed by atoms with Crippen LogP contribution in [0.25, 0.3) is 10.9 Å². The van der Waals surface area contributed by atoms with E-state index >= 15 is 0 Å². The van der Waals surface area contributed by atoms with Gasteiger partial charge in [0.05, 0.1) is 18.9 Å². The number of aromatic nitrogens is 1. The lowest BCUT2D eigenvalue weighted by Gasteiger charge is -2.51. The molecule has 1 saturated carbocycles. The Morgan fingerprint density at radius 1 is 1.06 bits per heavy atom. The van der Waals surface area contributed by atoms with Crippen LogP contribution >= 0.6 is 0 Å². The Bertz CT molecular complexity index is 1340. The number of nitrogens with zero attached hydrogens (tertiary/aromatic N) is 2. The number of para-hydroxylation sites is 1. The fourth-order valence-electron chi connectivity index (χ4n) is 5.95. The number of aromatic amines is 1. The van der Waals surface area contributed by atoms with Crippen LogP contribution in [0.2, 0.25) is 0 Å². The molecule has 2 aliphatic heterocycles. The van der Waals surface area contributed by atoms with Gasteiger partial charge in [0.15, 0.2) is 17.0 Å². The first-order valence-electron chi connectivity index (χ1n) is 13.1. The predicted octanol–water partition coefficient (Wildman–Crippen LogP) is 4.55. The number of carbonyl (C=O) groups is 2. The van der Waals surface area contributed by atoms with Gasteiger partial charge in [-0.05, 0) is 62.4 Å². The van der Waals surface area contributed by atoms with Crippen molar-refractivity contribution in [2.24, 2.45) is 0 Å². The molecule has 2 atom stereocenters. The number of piperazine rings is 1. The molecule has 0 bridgehead atoms. The topological polar surface area (TPSA) is 74.9 Å². The minimum absolute atomic E-state index is 0.00578. The largest absolute Gasteiger partial charge is 0.490 e. The molecule has 0 spiro atoms. The number of ether oxygens (including phenoxy) is 2. The molecule has 2 amide bonds. The molecule has 3 heterocycles. The van der Waals surface area contributed by atoms with Gasteiger partial charge in [0.2, 0.25) is 5.91 Å². The van der Waals surface area contributed by atoms with Crippen LogP contribution in [0.3, 0.4) is 0 Å². The van der Waals surface area contributed by atoms with Gasteiger partial charge in [0.1, 0.15) is 6.54 Å². The van der Waals surface area contributed by atoms with E-state index < -0.39 is 5.54 Å². The van der Waals surface area contributed by atoms with Crippen molar-refractivity contribution >= 4 is 22.7 Å². The molecule has 1 saturated heterocycles. The summed E-state index contributed by atoms with van der Waals surface area (Å²) in [7, 11) is 0. The van der Waals surface area contributed by atoms with Gasteiger partial charge >= 0.3 is 0 Å². The van der Waals surface area contributed by atoms with E-state index in [2.05, 4.69) is 24.0 Å². The Labute approximate surface area is 211 Å². The van der Waals surface area contributed by atoms with Crippen molar-refractivity contribution in [3.8, 4) is 11.5 Å². The maximum atomic E-state index is 14.0. The maximum absolute atomic E-state index is 14.0. The van der Waals surface area contributed by atoms with Crippen LogP contribution in [-0.4, -0.2) is 58.9 Å². The number of nitrogens with one attached hydrogen (secondary N) is 1. The summed E-state index contributed by atoms with van der Waals surface area (Å²) < 4.78 is 11.9. The normalized spacial score (nSPS) is 23.6. The van der Waals surface area contributed by atoms with Gasteiger partial charge < -0.3 is 24.3 Å². The third-order valence-corrected chi connectivity index (χ3v) is 7.89. The van der Waals surface area contributed by atoms with Crippen LogP contribution < -0.4 is 9.47 Å². The number of H-pyrrole nitrogens is 1. The average molecular weight is 488 g/mol. The van der Waals surface area contributed by atoms with E-state index in [1.807, 2.05) is 49.1 Å². The van der Waals surface area contributed by atoms with Crippen molar-refractivity contribution in [1.29, 1.82) is 0 Å². The summed E-state index contributed by atoms with van der Waals surface area (Å²) in [5.74, 6) is 1.36. The molecule has 7 heteroatoms. The van der Waals surface area contributed by atoms with Gasteiger partial charge in [-0.25, -0.2) is 0 Å². The number of fused-ring (bicyclic) bond motifs is 5. The summed E-state index contributed by atoms with van der Waals surface area (Å²) in [5, 5.41) is 1.09. The highest BCUT2D eigenvalue weighted by molar-refractivity contribution is 6.01. The standard InChI is InChI=1S/C29H33N3O4/c1-4-14-36-23-13-10-18(15-24(23)35-5-2)21-16-32-25(33)17-31(19-11-12-19)28(34)29(32,3)27-26(21)20-8-6-7-9-22(20)30-27/h6-10,13,15,19,21,30H,4-5,11-12,14,16-17H2,1-3H3/t21?,29-/m0/s1. The van der Waals surface area contributed by atoms with E-state index in [0.717, 1.165) is 52.7 Å². The molecule has 3 aliphatic rings. The summed E-state index contributed by atoms with van der Waals surface area (Å²) >= 11 is 0.